The lowest BCUT2D eigenvalue weighted by molar-refractivity contribution is -0.0136. The van der Waals surface area contributed by atoms with Crippen molar-refractivity contribution in [1.82, 2.24) is 34.6 Å². The van der Waals surface area contributed by atoms with Crippen LogP contribution in [-0.4, -0.2) is 71.1 Å². The Labute approximate surface area is 268 Å². The van der Waals surface area contributed by atoms with Crippen LogP contribution in [-0.2, 0) is 13.6 Å². The van der Waals surface area contributed by atoms with E-state index in [0.717, 1.165) is 37.2 Å². The van der Waals surface area contributed by atoms with Crippen molar-refractivity contribution in [3.8, 4) is 28.5 Å². The summed E-state index contributed by atoms with van der Waals surface area (Å²) in [6.45, 7) is 10.4. The van der Waals surface area contributed by atoms with Crippen molar-refractivity contribution in [1.29, 1.82) is 0 Å². The SMILES string of the molecule is Cc1nn(C)c(O[C@@H](C)CCNc2cc(Cl)ncc2-c2ncc(CN3CCC(C(C)(C)O)CC3)cc2F)c1-c1nccc(N)n1. The minimum absolute atomic E-state index is 0.201. The normalized spacial score (nSPS) is 15.3. The minimum Gasteiger partial charge on any atom is -0.474 e. The lowest BCUT2D eigenvalue weighted by Gasteiger charge is -2.37. The first kappa shape index (κ1) is 32.5. The number of halogens is 2. The Hall–Kier alpha value is -3.87. The summed E-state index contributed by atoms with van der Waals surface area (Å²) in [5.41, 5.74) is 8.77. The van der Waals surface area contributed by atoms with Gasteiger partial charge in [0.25, 0.3) is 0 Å². The number of pyridine rings is 2. The monoisotopic (exact) mass is 637 g/mol. The van der Waals surface area contributed by atoms with Crippen LogP contribution in [0.3, 0.4) is 0 Å². The molecule has 13 heteroatoms. The molecule has 5 rings (SSSR count). The van der Waals surface area contributed by atoms with Crippen LogP contribution in [0, 0.1) is 18.7 Å². The Morgan fingerprint density at radius 2 is 1.96 bits per heavy atom. The number of anilines is 2. The van der Waals surface area contributed by atoms with Crippen LogP contribution in [0.1, 0.15) is 51.3 Å². The lowest BCUT2D eigenvalue weighted by Crippen LogP contribution is -2.41. The summed E-state index contributed by atoms with van der Waals surface area (Å²) in [5.74, 6) is 1.20. The number of hydrogen-bond acceptors (Lipinski definition) is 10. The zero-order valence-electron chi connectivity index (χ0n) is 26.4. The van der Waals surface area contributed by atoms with E-state index in [1.54, 1.807) is 36.3 Å². The zero-order chi connectivity index (χ0) is 32.3. The number of aromatic nitrogens is 6. The highest BCUT2D eigenvalue weighted by Crippen LogP contribution is 2.33. The summed E-state index contributed by atoms with van der Waals surface area (Å²) < 4.78 is 23.4. The minimum atomic E-state index is -0.681. The molecule has 1 aliphatic heterocycles. The van der Waals surface area contributed by atoms with E-state index in [9.17, 15) is 5.11 Å². The van der Waals surface area contributed by atoms with E-state index in [1.165, 1.54) is 12.3 Å². The van der Waals surface area contributed by atoms with E-state index in [4.69, 9.17) is 22.1 Å². The van der Waals surface area contributed by atoms with E-state index < -0.39 is 11.4 Å². The molecule has 1 atom stereocenters. The average Bonchev–Trinajstić information content (AvgIpc) is 3.25. The molecule has 0 spiro atoms. The van der Waals surface area contributed by atoms with E-state index in [0.29, 0.717) is 53.8 Å². The molecular weight excluding hydrogens is 597 g/mol. The highest BCUT2D eigenvalue weighted by molar-refractivity contribution is 6.29. The molecule has 4 aromatic rings. The van der Waals surface area contributed by atoms with Crippen LogP contribution in [0.4, 0.5) is 15.9 Å². The number of ether oxygens (including phenoxy) is 1. The Morgan fingerprint density at radius 3 is 2.64 bits per heavy atom. The molecule has 5 heterocycles. The van der Waals surface area contributed by atoms with Gasteiger partial charge in [0.15, 0.2) is 5.82 Å². The fourth-order valence-corrected chi connectivity index (χ4v) is 5.92. The van der Waals surface area contributed by atoms with E-state index >= 15 is 4.39 Å². The largest absolute Gasteiger partial charge is 0.474 e. The molecule has 0 aromatic carbocycles. The second-order valence-electron chi connectivity index (χ2n) is 12.3. The van der Waals surface area contributed by atoms with Crippen LogP contribution in [0.2, 0.25) is 5.15 Å². The Kier molecular flexibility index (Phi) is 9.85. The van der Waals surface area contributed by atoms with Crippen LogP contribution in [0.5, 0.6) is 5.88 Å². The molecule has 45 heavy (non-hydrogen) atoms. The number of aliphatic hydroxyl groups is 1. The molecule has 1 aliphatic rings. The molecule has 240 valence electrons. The lowest BCUT2D eigenvalue weighted by atomic mass is 9.83. The Balaban J connectivity index is 1.23. The number of nitrogen functional groups attached to an aromatic ring is 1. The van der Waals surface area contributed by atoms with Gasteiger partial charge in [-0.3, -0.25) is 9.88 Å². The third-order valence-corrected chi connectivity index (χ3v) is 8.47. The molecule has 1 fully saturated rings. The van der Waals surface area contributed by atoms with Gasteiger partial charge in [0, 0.05) is 56.4 Å². The van der Waals surface area contributed by atoms with Gasteiger partial charge in [0.05, 0.1) is 17.4 Å². The first-order valence-electron chi connectivity index (χ1n) is 15.2. The van der Waals surface area contributed by atoms with Crippen molar-refractivity contribution < 1.29 is 14.2 Å². The average molecular weight is 638 g/mol. The molecule has 0 radical (unpaired) electrons. The molecule has 0 amide bonds. The number of aryl methyl sites for hydroxylation is 2. The molecule has 4 aromatic heterocycles. The topological polar surface area (TPSA) is 140 Å². The second kappa shape index (κ2) is 13.6. The fourth-order valence-electron chi connectivity index (χ4n) is 5.77. The zero-order valence-corrected chi connectivity index (χ0v) is 27.1. The van der Waals surface area contributed by atoms with Gasteiger partial charge >= 0.3 is 0 Å². The van der Waals surface area contributed by atoms with Gasteiger partial charge in [-0.15, -0.1) is 0 Å². The molecule has 0 saturated carbocycles. The highest BCUT2D eigenvalue weighted by Gasteiger charge is 2.30. The number of rotatable bonds is 11. The van der Waals surface area contributed by atoms with Gasteiger partial charge in [-0.1, -0.05) is 11.6 Å². The number of piperidine rings is 1. The highest BCUT2D eigenvalue weighted by atomic mass is 35.5. The molecule has 11 nitrogen and oxygen atoms in total. The maximum atomic E-state index is 15.5. The predicted octanol–water partition coefficient (Wildman–Crippen LogP) is 5.27. The molecular formula is C32H41ClFN9O2. The summed E-state index contributed by atoms with van der Waals surface area (Å²) in [6.07, 6.45) is 7.07. The Bertz CT molecular complexity index is 1630. The van der Waals surface area contributed by atoms with Crippen molar-refractivity contribution in [3.63, 3.8) is 0 Å². The van der Waals surface area contributed by atoms with Crippen molar-refractivity contribution in [2.75, 3.05) is 30.7 Å². The summed E-state index contributed by atoms with van der Waals surface area (Å²) in [4.78, 5) is 19.7. The van der Waals surface area contributed by atoms with Gasteiger partial charge in [-0.05, 0) is 83.3 Å². The summed E-state index contributed by atoms with van der Waals surface area (Å²) in [5, 5.41) is 18.5. The molecule has 1 saturated heterocycles. The molecule has 0 aliphatic carbocycles. The van der Waals surface area contributed by atoms with Crippen molar-refractivity contribution in [2.24, 2.45) is 13.0 Å². The van der Waals surface area contributed by atoms with Gasteiger partial charge < -0.3 is 20.9 Å². The fraction of sp³-hybridized carbons (Fsp3) is 0.469. The number of likely N-dealkylation sites (tertiary alicyclic amines) is 1. The van der Waals surface area contributed by atoms with Crippen molar-refractivity contribution in [2.45, 2.75) is 65.2 Å². The summed E-state index contributed by atoms with van der Waals surface area (Å²) in [6, 6.07) is 4.84. The van der Waals surface area contributed by atoms with Crippen LogP contribution < -0.4 is 15.8 Å². The number of nitrogens with one attached hydrogen (secondary N) is 1. The summed E-state index contributed by atoms with van der Waals surface area (Å²) >= 11 is 6.23. The second-order valence-corrected chi connectivity index (χ2v) is 12.7. The van der Waals surface area contributed by atoms with E-state index in [1.807, 2.05) is 27.7 Å². The van der Waals surface area contributed by atoms with Crippen molar-refractivity contribution >= 4 is 23.1 Å². The van der Waals surface area contributed by atoms with Gasteiger partial charge in [0.2, 0.25) is 5.88 Å². The first-order chi connectivity index (χ1) is 21.4. The van der Waals surface area contributed by atoms with Gasteiger partial charge in [0.1, 0.15) is 28.0 Å². The standard InChI is InChI=1S/C32H41ClFN9O2/c1-19(45-31-28(20(2)41-42(31)5)30-37-11-7-27(35)40-30)6-10-36-25-15-26(33)38-17-23(25)29-24(34)14-21(16-39-29)18-43-12-8-22(9-13-43)32(3,4)44/h7,11,14-17,19,22,44H,6,8-10,12-13,18H2,1-5H3,(H,36,38)(H2,35,37,40)/t19-/m0/s1. The molecule has 0 bridgehead atoms. The van der Waals surface area contributed by atoms with Crippen LogP contribution >= 0.6 is 11.6 Å². The third-order valence-electron chi connectivity index (χ3n) is 8.27. The molecule has 4 N–H and O–H groups in total. The third kappa shape index (κ3) is 7.86. The molecule has 0 unspecified atom stereocenters. The summed E-state index contributed by atoms with van der Waals surface area (Å²) in [7, 11) is 1.81. The Morgan fingerprint density at radius 1 is 1.20 bits per heavy atom. The number of hydrogen-bond donors (Lipinski definition) is 3. The van der Waals surface area contributed by atoms with Gasteiger partial charge in [-0.25, -0.2) is 24.0 Å². The maximum Gasteiger partial charge on any atom is 0.223 e. The number of nitrogens with zero attached hydrogens (tertiary/aromatic N) is 7. The van der Waals surface area contributed by atoms with E-state index in [2.05, 4.69) is 35.3 Å². The van der Waals surface area contributed by atoms with Crippen LogP contribution in [0.25, 0.3) is 22.6 Å². The van der Waals surface area contributed by atoms with E-state index in [-0.39, 0.29) is 22.9 Å². The maximum absolute atomic E-state index is 15.5. The smallest absolute Gasteiger partial charge is 0.223 e. The first-order valence-corrected chi connectivity index (χ1v) is 15.5. The number of nitrogens with two attached hydrogens (primary N) is 1. The quantitative estimate of drug-likeness (QED) is 0.186. The van der Waals surface area contributed by atoms with Crippen LogP contribution in [0.15, 0.2) is 36.8 Å². The van der Waals surface area contributed by atoms with Gasteiger partial charge in [-0.2, -0.15) is 5.10 Å². The predicted molar refractivity (Wildman–Crippen MR) is 173 cm³/mol. The van der Waals surface area contributed by atoms with Crippen molar-refractivity contribution in [3.05, 3.63) is 59.0 Å².